The summed E-state index contributed by atoms with van der Waals surface area (Å²) in [6, 6.07) is 20.4. The van der Waals surface area contributed by atoms with Crippen LogP contribution in [0.3, 0.4) is 0 Å². The van der Waals surface area contributed by atoms with Crippen LogP contribution in [0.25, 0.3) is 11.1 Å². The van der Waals surface area contributed by atoms with Crippen LogP contribution in [0.1, 0.15) is 33.5 Å². The molecule has 7 heteroatoms. The highest BCUT2D eigenvalue weighted by Gasteiger charge is 2.22. The van der Waals surface area contributed by atoms with Gasteiger partial charge < -0.3 is 19.9 Å². The molecule has 3 aromatic rings. The number of hydrogen-bond acceptors (Lipinski definition) is 5. The van der Waals surface area contributed by atoms with Crippen molar-refractivity contribution in [2.75, 3.05) is 25.7 Å². The van der Waals surface area contributed by atoms with Gasteiger partial charge in [-0.05, 0) is 83.9 Å². The minimum atomic E-state index is -1.03. The molecule has 0 aliphatic rings. The minimum absolute atomic E-state index is 0.363. The summed E-state index contributed by atoms with van der Waals surface area (Å²) in [7, 11) is 1.65. The molecule has 2 N–H and O–H groups in total. The van der Waals surface area contributed by atoms with E-state index in [0.29, 0.717) is 31.0 Å². The van der Waals surface area contributed by atoms with Crippen LogP contribution < -0.4 is 10.1 Å². The van der Waals surface area contributed by atoms with Gasteiger partial charge in [-0.25, -0.2) is 4.79 Å². The zero-order chi connectivity index (χ0) is 25.9. The summed E-state index contributed by atoms with van der Waals surface area (Å²) < 4.78 is 11.1. The molecule has 0 aromatic heterocycles. The lowest BCUT2D eigenvalue weighted by atomic mass is 9.93. The highest BCUT2D eigenvalue weighted by Crippen LogP contribution is 2.28. The second-order valence-corrected chi connectivity index (χ2v) is 9.48. The predicted molar refractivity (Wildman–Crippen MR) is 145 cm³/mol. The Bertz CT molecular complexity index is 1160. The second-order valence-electron chi connectivity index (χ2n) is 8.49. The average molecular weight is 508 g/mol. The Morgan fingerprint density at radius 2 is 1.72 bits per heavy atom. The fourth-order valence-electron chi connectivity index (χ4n) is 3.88. The molecule has 0 spiro atoms. The second kappa shape index (κ2) is 13.7. The van der Waals surface area contributed by atoms with Crippen molar-refractivity contribution in [1.82, 2.24) is 5.32 Å². The number of carbonyl (C=O) groups is 2. The first-order valence-corrected chi connectivity index (χ1v) is 13.2. The Labute approximate surface area is 217 Å². The number of amides is 1. The molecule has 36 heavy (non-hydrogen) atoms. The highest BCUT2D eigenvalue weighted by atomic mass is 32.2. The Morgan fingerprint density at radius 3 is 2.39 bits per heavy atom. The third-order valence-corrected chi connectivity index (χ3v) is 6.58. The number of carbonyl (C=O) groups excluding carboxylic acids is 1. The number of nitrogens with one attached hydrogen (secondary N) is 1. The topological polar surface area (TPSA) is 84.9 Å². The highest BCUT2D eigenvalue weighted by molar-refractivity contribution is 7.98. The first kappa shape index (κ1) is 27.3. The van der Waals surface area contributed by atoms with E-state index in [1.165, 1.54) is 0 Å². The van der Waals surface area contributed by atoms with Gasteiger partial charge in [-0.2, -0.15) is 11.8 Å². The van der Waals surface area contributed by atoms with E-state index in [1.807, 2.05) is 73.8 Å². The number of ether oxygens (including phenoxy) is 2. The summed E-state index contributed by atoms with van der Waals surface area (Å²) in [6.07, 6.45) is 3.05. The van der Waals surface area contributed by atoms with Crippen LogP contribution in [0.4, 0.5) is 0 Å². The molecule has 0 aliphatic carbocycles. The number of aryl methyl sites for hydroxylation is 1. The van der Waals surface area contributed by atoms with Gasteiger partial charge in [0.15, 0.2) is 0 Å². The number of hydrogen-bond donors (Lipinski definition) is 2. The van der Waals surface area contributed by atoms with E-state index in [1.54, 1.807) is 24.9 Å². The molecule has 0 heterocycles. The molecular formula is C29H33NO5S. The van der Waals surface area contributed by atoms with Crippen LogP contribution in [0, 0.1) is 6.92 Å². The van der Waals surface area contributed by atoms with Crippen LogP contribution in [-0.2, 0) is 22.6 Å². The lowest BCUT2D eigenvalue weighted by Gasteiger charge is -2.18. The van der Waals surface area contributed by atoms with Crippen molar-refractivity contribution in [3.63, 3.8) is 0 Å². The summed E-state index contributed by atoms with van der Waals surface area (Å²) >= 11 is 1.55. The van der Waals surface area contributed by atoms with Crippen LogP contribution in [0.15, 0.2) is 66.7 Å². The third-order valence-electron chi connectivity index (χ3n) is 5.94. The molecule has 6 nitrogen and oxygen atoms in total. The fraction of sp³-hybridized carbons (Fsp3) is 0.310. The molecule has 190 valence electrons. The molecule has 3 aromatic carbocycles. The van der Waals surface area contributed by atoms with Crippen molar-refractivity contribution in [3.05, 3.63) is 89.0 Å². The van der Waals surface area contributed by atoms with Crippen LogP contribution in [-0.4, -0.2) is 48.8 Å². The van der Waals surface area contributed by atoms with Crippen LogP contribution >= 0.6 is 11.8 Å². The molecule has 3 rings (SSSR count). The van der Waals surface area contributed by atoms with Gasteiger partial charge in [0, 0.05) is 5.56 Å². The van der Waals surface area contributed by atoms with Crippen LogP contribution in [0.5, 0.6) is 5.75 Å². The summed E-state index contributed by atoms with van der Waals surface area (Å²) in [5.41, 5.74) is 5.27. The Balaban J connectivity index is 1.76. The smallest absolute Gasteiger partial charge is 0.326 e. The number of benzene rings is 3. The monoisotopic (exact) mass is 507 g/mol. The van der Waals surface area contributed by atoms with Gasteiger partial charge in [0.05, 0.1) is 20.3 Å². The van der Waals surface area contributed by atoms with Gasteiger partial charge >= 0.3 is 5.97 Å². The van der Waals surface area contributed by atoms with E-state index in [9.17, 15) is 14.7 Å². The van der Waals surface area contributed by atoms with E-state index in [4.69, 9.17) is 9.47 Å². The van der Waals surface area contributed by atoms with Crippen LogP contribution in [0.2, 0.25) is 0 Å². The Morgan fingerprint density at radius 1 is 1.00 bits per heavy atom. The minimum Gasteiger partial charge on any atom is -0.497 e. The summed E-state index contributed by atoms with van der Waals surface area (Å²) in [4.78, 5) is 24.9. The van der Waals surface area contributed by atoms with Crippen molar-refractivity contribution >= 4 is 23.6 Å². The van der Waals surface area contributed by atoms with Crippen molar-refractivity contribution in [1.29, 1.82) is 0 Å². The lowest BCUT2D eigenvalue weighted by Crippen LogP contribution is -2.41. The third kappa shape index (κ3) is 7.60. The van der Waals surface area contributed by atoms with E-state index >= 15 is 0 Å². The van der Waals surface area contributed by atoms with Crippen molar-refractivity contribution in [2.24, 2.45) is 0 Å². The molecule has 0 unspecified atom stereocenters. The molecule has 1 atom stereocenters. The number of carboxylic acid groups (broad SMARTS) is 1. The van der Waals surface area contributed by atoms with E-state index in [0.717, 1.165) is 40.0 Å². The maximum absolute atomic E-state index is 13.2. The normalized spacial score (nSPS) is 11.6. The first-order valence-electron chi connectivity index (χ1n) is 11.8. The summed E-state index contributed by atoms with van der Waals surface area (Å²) in [5.74, 6) is 0.0474. The molecular weight excluding hydrogens is 474 g/mol. The predicted octanol–water partition coefficient (Wildman–Crippen LogP) is 5.37. The van der Waals surface area contributed by atoms with Gasteiger partial charge in [-0.15, -0.1) is 0 Å². The Hall–Kier alpha value is -3.29. The van der Waals surface area contributed by atoms with Crippen molar-refractivity contribution < 1.29 is 24.2 Å². The zero-order valence-electron chi connectivity index (χ0n) is 21.0. The van der Waals surface area contributed by atoms with Gasteiger partial charge in [0.25, 0.3) is 5.91 Å². The molecule has 1 amide bonds. The number of rotatable bonds is 13. The number of thioether (sulfide) groups is 1. The number of carboxylic acids is 1. The first-order chi connectivity index (χ1) is 17.4. The average Bonchev–Trinajstić information content (AvgIpc) is 2.89. The maximum atomic E-state index is 13.2. The molecule has 0 saturated heterocycles. The number of aliphatic carboxylic acids is 1. The molecule has 0 aliphatic heterocycles. The quantitative estimate of drug-likeness (QED) is 0.303. The molecule has 0 fully saturated rings. The van der Waals surface area contributed by atoms with Gasteiger partial charge in [0.1, 0.15) is 11.8 Å². The van der Waals surface area contributed by atoms with E-state index in [-0.39, 0.29) is 0 Å². The standard InChI is InChI=1S/C29H33NO5S/c1-20-6-4-5-7-24(20)26-18-22(19-35-16-14-21-8-11-23(34-2)12-9-21)10-13-25(26)28(31)30-27(29(32)33)15-17-36-3/h4-13,18,27H,14-17,19H2,1-3H3,(H,30,31)(H,32,33)/t27-/m0/s1. The lowest BCUT2D eigenvalue weighted by molar-refractivity contribution is -0.139. The summed E-state index contributed by atoms with van der Waals surface area (Å²) in [5, 5.41) is 12.3. The Kier molecular flexibility index (Phi) is 10.4. The van der Waals surface area contributed by atoms with Gasteiger partial charge in [-0.1, -0.05) is 42.5 Å². The van der Waals surface area contributed by atoms with Crippen molar-refractivity contribution in [3.8, 4) is 16.9 Å². The molecule has 0 radical (unpaired) electrons. The largest absolute Gasteiger partial charge is 0.497 e. The van der Waals surface area contributed by atoms with E-state index < -0.39 is 17.9 Å². The molecule has 0 bridgehead atoms. The van der Waals surface area contributed by atoms with Gasteiger partial charge in [0.2, 0.25) is 0 Å². The maximum Gasteiger partial charge on any atom is 0.326 e. The molecule has 0 saturated carbocycles. The zero-order valence-corrected chi connectivity index (χ0v) is 21.8. The number of methoxy groups -OCH3 is 1. The SMILES string of the molecule is COc1ccc(CCOCc2ccc(C(=O)N[C@@H](CCSC)C(=O)O)c(-c3ccccc3C)c2)cc1. The van der Waals surface area contributed by atoms with Crippen molar-refractivity contribution in [2.45, 2.75) is 32.4 Å². The summed E-state index contributed by atoms with van der Waals surface area (Å²) in [6.45, 7) is 2.96. The fourth-order valence-corrected chi connectivity index (χ4v) is 4.35. The van der Waals surface area contributed by atoms with Gasteiger partial charge in [-0.3, -0.25) is 4.79 Å². The van der Waals surface area contributed by atoms with E-state index in [2.05, 4.69) is 5.32 Å².